The number of nitrogens with zero attached hydrogens (tertiary/aromatic N) is 1. The van der Waals surface area contributed by atoms with Gasteiger partial charge in [0.2, 0.25) is 0 Å². The van der Waals surface area contributed by atoms with Crippen molar-refractivity contribution in [2.75, 3.05) is 4.90 Å². The molecular formula is C18H11Cl2NO2S2. The van der Waals surface area contributed by atoms with E-state index in [1.165, 1.54) is 23.6 Å². The minimum Gasteiger partial charge on any atom is -0.295 e. The highest BCUT2D eigenvalue weighted by Gasteiger charge is 2.33. The summed E-state index contributed by atoms with van der Waals surface area (Å²) in [4.78, 5) is 26.2. The minimum absolute atomic E-state index is 0.0734. The summed E-state index contributed by atoms with van der Waals surface area (Å²) >= 11 is 18.6. The number of rotatable bonds is 3. The first-order valence-corrected chi connectivity index (χ1v) is 9.19. The van der Waals surface area contributed by atoms with Gasteiger partial charge in [0.05, 0.1) is 10.6 Å². The summed E-state index contributed by atoms with van der Waals surface area (Å²) in [5, 5.41) is 0.979. The van der Waals surface area contributed by atoms with Gasteiger partial charge in [-0.15, -0.1) is 0 Å². The summed E-state index contributed by atoms with van der Waals surface area (Å²) in [6, 6.07) is 11.9. The molecule has 2 aromatic rings. The average molecular weight is 408 g/mol. The first kappa shape index (κ1) is 18.1. The molecule has 1 amide bonds. The maximum atomic E-state index is 12.8. The molecule has 1 aliphatic rings. The second-order valence-electron chi connectivity index (χ2n) is 5.29. The zero-order valence-electron chi connectivity index (χ0n) is 13.0. The molecule has 0 saturated carbocycles. The van der Waals surface area contributed by atoms with Gasteiger partial charge in [-0.1, -0.05) is 65.4 Å². The Morgan fingerprint density at radius 2 is 1.96 bits per heavy atom. The van der Waals surface area contributed by atoms with Crippen LogP contribution in [0.4, 0.5) is 5.69 Å². The Morgan fingerprint density at radius 3 is 2.64 bits per heavy atom. The lowest BCUT2D eigenvalue weighted by atomic mass is 10.1. The van der Waals surface area contributed by atoms with E-state index in [2.05, 4.69) is 0 Å². The summed E-state index contributed by atoms with van der Waals surface area (Å²) in [7, 11) is 0. The molecule has 0 radical (unpaired) electrons. The third kappa shape index (κ3) is 3.80. The first-order valence-electron chi connectivity index (χ1n) is 7.21. The fourth-order valence-corrected chi connectivity index (χ4v) is 4.07. The van der Waals surface area contributed by atoms with Gasteiger partial charge in [-0.25, -0.2) is 0 Å². The normalized spacial score (nSPS) is 16.0. The van der Waals surface area contributed by atoms with E-state index in [1.54, 1.807) is 48.5 Å². The zero-order valence-corrected chi connectivity index (χ0v) is 16.1. The summed E-state index contributed by atoms with van der Waals surface area (Å²) in [6.45, 7) is 1.48. The Morgan fingerprint density at radius 1 is 1.20 bits per heavy atom. The summed E-state index contributed by atoms with van der Waals surface area (Å²) in [6.07, 6.45) is 1.69. The van der Waals surface area contributed by atoms with Crippen molar-refractivity contribution < 1.29 is 9.59 Å². The molecule has 3 rings (SSSR count). The molecule has 25 heavy (non-hydrogen) atoms. The molecule has 1 fully saturated rings. The second kappa shape index (κ2) is 7.30. The molecule has 1 saturated heterocycles. The van der Waals surface area contributed by atoms with Crippen molar-refractivity contribution >= 4 is 75.0 Å². The number of hydrogen-bond donors (Lipinski definition) is 0. The number of thioether (sulfide) groups is 1. The molecule has 0 bridgehead atoms. The zero-order chi connectivity index (χ0) is 18.1. The van der Waals surface area contributed by atoms with Crippen LogP contribution in [-0.4, -0.2) is 16.0 Å². The quantitative estimate of drug-likeness (QED) is 0.376. The van der Waals surface area contributed by atoms with Crippen LogP contribution >= 0.6 is 47.2 Å². The van der Waals surface area contributed by atoms with Crippen molar-refractivity contribution in [1.29, 1.82) is 0 Å². The number of carbonyl (C=O) groups is 2. The van der Waals surface area contributed by atoms with E-state index in [9.17, 15) is 9.59 Å². The van der Waals surface area contributed by atoms with Gasteiger partial charge in [0.15, 0.2) is 10.1 Å². The van der Waals surface area contributed by atoms with Gasteiger partial charge in [-0.3, -0.25) is 14.5 Å². The number of hydrogen-bond acceptors (Lipinski definition) is 4. The molecule has 3 nitrogen and oxygen atoms in total. The van der Waals surface area contributed by atoms with Crippen LogP contribution in [0.3, 0.4) is 0 Å². The molecule has 0 spiro atoms. The molecule has 0 aliphatic carbocycles. The predicted octanol–water partition coefficient (Wildman–Crippen LogP) is 5.60. The number of benzene rings is 2. The van der Waals surface area contributed by atoms with Crippen LogP contribution in [0.15, 0.2) is 47.4 Å². The molecule has 0 N–H and O–H groups in total. The fourth-order valence-electron chi connectivity index (χ4n) is 2.31. The van der Waals surface area contributed by atoms with Gasteiger partial charge in [0, 0.05) is 15.6 Å². The Labute approximate surface area is 164 Å². The Hall–Kier alpha value is -1.66. The van der Waals surface area contributed by atoms with E-state index in [0.717, 1.165) is 0 Å². The largest absolute Gasteiger partial charge is 0.295 e. The molecule has 0 unspecified atom stereocenters. The van der Waals surface area contributed by atoms with Crippen LogP contribution in [0.25, 0.3) is 6.08 Å². The lowest BCUT2D eigenvalue weighted by Gasteiger charge is -2.15. The highest BCUT2D eigenvalue weighted by molar-refractivity contribution is 8.27. The summed E-state index contributed by atoms with van der Waals surface area (Å²) in [5.41, 5.74) is 1.78. The third-order valence-electron chi connectivity index (χ3n) is 3.55. The summed E-state index contributed by atoms with van der Waals surface area (Å²) < 4.78 is 0.405. The lowest BCUT2D eigenvalue weighted by molar-refractivity contribution is -0.113. The van der Waals surface area contributed by atoms with Gasteiger partial charge in [-0.05, 0) is 42.8 Å². The van der Waals surface area contributed by atoms with E-state index in [4.69, 9.17) is 35.4 Å². The Kier molecular flexibility index (Phi) is 5.29. The minimum atomic E-state index is -0.248. The fraction of sp³-hybridized carbons (Fsp3) is 0.0556. The predicted molar refractivity (Wildman–Crippen MR) is 109 cm³/mol. The molecule has 2 aromatic carbocycles. The van der Waals surface area contributed by atoms with E-state index in [-0.39, 0.29) is 11.7 Å². The third-order valence-corrected chi connectivity index (χ3v) is 5.42. The highest BCUT2D eigenvalue weighted by Crippen LogP contribution is 2.37. The average Bonchev–Trinajstić information content (AvgIpc) is 2.84. The van der Waals surface area contributed by atoms with Gasteiger partial charge < -0.3 is 0 Å². The van der Waals surface area contributed by atoms with Crippen LogP contribution in [0.1, 0.15) is 22.8 Å². The molecule has 0 aromatic heterocycles. The molecule has 1 aliphatic heterocycles. The van der Waals surface area contributed by atoms with Crippen molar-refractivity contribution in [1.82, 2.24) is 0 Å². The Balaban J connectivity index is 1.96. The van der Waals surface area contributed by atoms with Crippen LogP contribution in [0.2, 0.25) is 10.0 Å². The molecule has 0 atom stereocenters. The monoisotopic (exact) mass is 407 g/mol. The van der Waals surface area contributed by atoms with Crippen molar-refractivity contribution in [3.8, 4) is 0 Å². The first-order chi connectivity index (χ1) is 11.9. The molecule has 7 heteroatoms. The van der Waals surface area contributed by atoms with Gasteiger partial charge in [0.25, 0.3) is 5.91 Å². The van der Waals surface area contributed by atoms with Crippen LogP contribution < -0.4 is 4.90 Å². The van der Waals surface area contributed by atoms with E-state index in [0.29, 0.717) is 36.1 Å². The number of Topliss-reactive ketones (excluding diaryl/α,β-unsaturated/α-hetero) is 1. The summed E-state index contributed by atoms with van der Waals surface area (Å²) in [5.74, 6) is -0.322. The van der Waals surface area contributed by atoms with Crippen LogP contribution in [-0.2, 0) is 4.79 Å². The number of anilines is 1. The van der Waals surface area contributed by atoms with Crippen molar-refractivity contribution in [3.63, 3.8) is 0 Å². The van der Waals surface area contributed by atoms with E-state index in [1.807, 2.05) is 0 Å². The van der Waals surface area contributed by atoms with Gasteiger partial charge >= 0.3 is 0 Å². The maximum Gasteiger partial charge on any atom is 0.270 e. The molecule has 1 heterocycles. The van der Waals surface area contributed by atoms with Crippen molar-refractivity contribution in [2.24, 2.45) is 0 Å². The Bertz CT molecular complexity index is 940. The maximum absolute atomic E-state index is 12.8. The number of halogens is 2. The van der Waals surface area contributed by atoms with Crippen molar-refractivity contribution in [3.05, 3.63) is 68.5 Å². The molecule has 126 valence electrons. The smallest absolute Gasteiger partial charge is 0.270 e. The molecular weight excluding hydrogens is 397 g/mol. The lowest BCUT2D eigenvalue weighted by Crippen LogP contribution is -2.27. The van der Waals surface area contributed by atoms with Crippen LogP contribution in [0.5, 0.6) is 0 Å². The highest BCUT2D eigenvalue weighted by atomic mass is 35.5. The SMILES string of the molecule is CC(=O)c1cccc(N2C(=O)/C(=C/c3ccc(Cl)cc3Cl)SC2=S)c1. The van der Waals surface area contributed by atoms with E-state index >= 15 is 0 Å². The van der Waals surface area contributed by atoms with E-state index < -0.39 is 0 Å². The van der Waals surface area contributed by atoms with Gasteiger partial charge in [-0.2, -0.15) is 0 Å². The topological polar surface area (TPSA) is 37.4 Å². The second-order valence-corrected chi connectivity index (χ2v) is 7.81. The van der Waals surface area contributed by atoms with Gasteiger partial charge in [0.1, 0.15) is 0 Å². The number of amides is 1. The van der Waals surface area contributed by atoms with Crippen LogP contribution in [0, 0.1) is 0 Å². The number of thiocarbonyl (C=S) groups is 1. The standard InChI is InChI=1S/C18H11Cl2NO2S2/c1-10(22)11-3-2-4-14(7-11)21-17(23)16(25-18(21)24)8-12-5-6-13(19)9-15(12)20/h2-9H,1H3/b16-8-. The van der Waals surface area contributed by atoms with Crippen molar-refractivity contribution in [2.45, 2.75) is 6.92 Å². The number of carbonyl (C=O) groups excluding carboxylic acids is 2. The number of ketones is 1.